The van der Waals surface area contributed by atoms with Gasteiger partial charge in [-0.1, -0.05) is 88.7 Å². The number of rotatable bonds is 2. The second-order valence-electron chi connectivity index (χ2n) is 6.90. The molecule has 0 heterocycles. The first-order valence-electron chi connectivity index (χ1n) is 8.96. The number of phenolic OH excluding ortho intramolecular Hbond substituents is 1. The van der Waals surface area contributed by atoms with Gasteiger partial charge < -0.3 is 5.11 Å². The van der Waals surface area contributed by atoms with Crippen LogP contribution in [-0.2, 0) is 5.41 Å². The second kappa shape index (κ2) is 6.11. The molecule has 1 nitrogen and oxygen atoms in total. The van der Waals surface area contributed by atoms with E-state index in [4.69, 9.17) is 0 Å². The molecule has 0 aromatic heterocycles. The van der Waals surface area contributed by atoms with Crippen LogP contribution in [0.25, 0.3) is 11.1 Å². The highest BCUT2D eigenvalue weighted by Gasteiger charge is 2.45. The predicted octanol–water partition coefficient (Wildman–Crippen LogP) is 6.52. The van der Waals surface area contributed by atoms with Crippen molar-refractivity contribution in [2.75, 3.05) is 0 Å². The average Bonchev–Trinajstić information content (AvgIpc) is 3.00. The molecule has 0 bridgehead atoms. The Morgan fingerprint density at radius 3 is 2.00 bits per heavy atom. The zero-order chi connectivity index (χ0) is 18.4. The lowest BCUT2D eigenvalue weighted by Crippen LogP contribution is -2.28. The molecule has 0 radical (unpaired) electrons. The number of halogens is 1. The van der Waals surface area contributed by atoms with E-state index in [1.54, 1.807) is 12.1 Å². The number of benzene rings is 4. The van der Waals surface area contributed by atoms with Gasteiger partial charge in [0, 0.05) is 4.47 Å². The minimum Gasteiger partial charge on any atom is -0.508 e. The number of phenols is 1. The summed E-state index contributed by atoms with van der Waals surface area (Å²) in [6, 6.07) is 33.4. The van der Waals surface area contributed by atoms with Crippen LogP contribution in [-0.4, -0.2) is 5.11 Å². The summed E-state index contributed by atoms with van der Waals surface area (Å²) < 4.78 is 1.06. The van der Waals surface area contributed by atoms with Gasteiger partial charge in [-0.2, -0.15) is 0 Å². The van der Waals surface area contributed by atoms with Gasteiger partial charge in [0.25, 0.3) is 0 Å². The van der Waals surface area contributed by atoms with Crippen molar-refractivity contribution in [3.8, 4) is 16.9 Å². The van der Waals surface area contributed by atoms with Crippen molar-refractivity contribution in [3.63, 3.8) is 0 Å². The van der Waals surface area contributed by atoms with Gasteiger partial charge in [0.15, 0.2) is 0 Å². The Hall–Kier alpha value is -2.84. The molecular weight excluding hydrogens is 396 g/mol. The first-order valence-corrected chi connectivity index (χ1v) is 9.75. The fourth-order valence-corrected chi connectivity index (χ4v) is 4.80. The first-order chi connectivity index (χ1) is 13.2. The van der Waals surface area contributed by atoms with Gasteiger partial charge in [-0.05, 0) is 57.6 Å². The molecule has 0 spiro atoms. The summed E-state index contributed by atoms with van der Waals surface area (Å²) in [6.07, 6.45) is 0. The second-order valence-corrected chi connectivity index (χ2v) is 7.81. The van der Waals surface area contributed by atoms with Crippen LogP contribution in [0.3, 0.4) is 0 Å². The van der Waals surface area contributed by atoms with Gasteiger partial charge in [-0.3, -0.25) is 0 Å². The van der Waals surface area contributed by atoms with Crippen LogP contribution in [0.4, 0.5) is 0 Å². The molecule has 1 aliphatic carbocycles. The van der Waals surface area contributed by atoms with Crippen LogP contribution >= 0.6 is 15.9 Å². The molecule has 0 aliphatic heterocycles. The number of hydrogen-bond donors (Lipinski definition) is 1. The Morgan fingerprint density at radius 2 is 1.22 bits per heavy atom. The lowest BCUT2D eigenvalue weighted by atomic mass is 9.68. The summed E-state index contributed by atoms with van der Waals surface area (Å²) in [5.41, 5.74) is 7.01. The van der Waals surface area contributed by atoms with Gasteiger partial charge in [-0.25, -0.2) is 0 Å². The molecule has 1 N–H and O–H groups in total. The molecule has 0 fully saturated rings. The summed E-state index contributed by atoms with van der Waals surface area (Å²) in [4.78, 5) is 0. The van der Waals surface area contributed by atoms with Crippen molar-refractivity contribution >= 4 is 15.9 Å². The third-order valence-corrected chi connectivity index (χ3v) is 6.01. The molecule has 2 heteroatoms. The third-order valence-electron chi connectivity index (χ3n) is 5.51. The Kier molecular flexibility index (Phi) is 3.70. The molecule has 130 valence electrons. The van der Waals surface area contributed by atoms with Crippen molar-refractivity contribution in [1.82, 2.24) is 0 Å². The predicted molar refractivity (Wildman–Crippen MR) is 113 cm³/mol. The average molecular weight is 413 g/mol. The molecule has 4 aromatic carbocycles. The monoisotopic (exact) mass is 412 g/mol. The normalized spacial score (nSPS) is 17.4. The van der Waals surface area contributed by atoms with Gasteiger partial charge in [0.1, 0.15) is 5.75 Å². The zero-order valence-electron chi connectivity index (χ0n) is 14.6. The largest absolute Gasteiger partial charge is 0.508 e. The molecule has 1 atom stereocenters. The van der Waals surface area contributed by atoms with E-state index < -0.39 is 5.41 Å². The molecule has 0 amide bonds. The van der Waals surface area contributed by atoms with Crippen LogP contribution in [0, 0.1) is 0 Å². The molecular formula is C25H17BrO. The standard InChI is InChI=1S/C25H17BrO/c26-19-12-15-22-21-8-4-5-9-23(21)25(24(22)16-19,17-6-2-1-3-7-17)18-10-13-20(27)14-11-18/h1-16,27H. The van der Waals surface area contributed by atoms with Crippen LogP contribution < -0.4 is 0 Å². The smallest absolute Gasteiger partial charge is 0.115 e. The molecule has 0 saturated heterocycles. The molecule has 5 rings (SSSR count). The van der Waals surface area contributed by atoms with E-state index in [1.807, 2.05) is 12.1 Å². The third kappa shape index (κ3) is 2.30. The SMILES string of the molecule is Oc1ccc(C2(c3ccccc3)c3ccccc3-c3ccc(Br)cc32)cc1. The van der Waals surface area contributed by atoms with Crippen molar-refractivity contribution < 1.29 is 5.11 Å². The quantitative estimate of drug-likeness (QED) is 0.349. The van der Waals surface area contributed by atoms with E-state index in [1.165, 1.54) is 27.8 Å². The van der Waals surface area contributed by atoms with Crippen LogP contribution in [0.15, 0.2) is 102 Å². The highest BCUT2D eigenvalue weighted by Crippen LogP contribution is 2.56. The highest BCUT2D eigenvalue weighted by atomic mass is 79.9. The maximum absolute atomic E-state index is 9.88. The maximum Gasteiger partial charge on any atom is 0.115 e. The number of hydrogen-bond acceptors (Lipinski definition) is 1. The maximum atomic E-state index is 9.88. The van der Waals surface area contributed by atoms with Crippen molar-refractivity contribution in [3.05, 3.63) is 124 Å². The molecule has 1 unspecified atom stereocenters. The topological polar surface area (TPSA) is 20.2 Å². The van der Waals surface area contributed by atoms with Gasteiger partial charge in [0.2, 0.25) is 0 Å². The van der Waals surface area contributed by atoms with Crippen LogP contribution in [0.2, 0.25) is 0 Å². The number of fused-ring (bicyclic) bond motifs is 3. The summed E-state index contributed by atoms with van der Waals surface area (Å²) in [6.45, 7) is 0. The van der Waals surface area contributed by atoms with E-state index in [0.717, 1.165) is 10.0 Å². The summed E-state index contributed by atoms with van der Waals surface area (Å²) >= 11 is 3.68. The minimum absolute atomic E-state index is 0.280. The Labute approximate surface area is 167 Å². The van der Waals surface area contributed by atoms with Gasteiger partial charge >= 0.3 is 0 Å². The zero-order valence-corrected chi connectivity index (χ0v) is 16.1. The summed E-state index contributed by atoms with van der Waals surface area (Å²) in [7, 11) is 0. The minimum atomic E-state index is -0.412. The summed E-state index contributed by atoms with van der Waals surface area (Å²) in [5.74, 6) is 0.280. The highest BCUT2D eigenvalue weighted by molar-refractivity contribution is 9.10. The molecule has 27 heavy (non-hydrogen) atoms. The lowest BCUT2D eigenvalue weighted by Gasteiger charge is -2.34. The molecule has 4 aromatic rings. The van der Waals surface area contributed by atoms with Crippen molar-refractivity contribution in [2.24, 2.45) is 0 Å². The van der Waals surface area contributed by atoms with E-state index in [9.17, 15) is 5.11 Å². The van der Waals surface area contributed by atoms with E-state index in [0.29, 0.717) is 0 Å². The Bertz CT molecular complexity index is 1130. The molecule has 0 saturated carbocycles. The van der Waals surface area contributed by atoms with Crippen LogP contribution in [0.5, 0.6) is 5.75 Å². The lowest BCUT2D eigenvalue weighted by molar-refractivity contribution is 0.475. The van der Waals surface area contributed by atoms with E-state index in [-0.39, 0.29) is 5.75 Å². The molecule has 1 aliphatic rings. The van der Waals surface area contributed by atoms with Crippen molar-refractivity contribution in [1.29, 1.82) is 0 Å². The fourth-order valence-electron chi connectivity index (χ4n) is 4.44. The van der Waals surface area contributed by atoms with Gasteiger partial charge in [-0.15, -0.1) is 0 Å². The summed E-state index contributed by atoms with van der Waals surface area (Å²) in [5, 5.41) is 9.88. The van der Waals surface area contributed by atoms with Crippen LogP contribution in [0.1, 0.15) is 22.3 Å². The number of aromatic hydroxyl groups is 1. The Morgan fingerprint density at radius 1 is 0.593 bits per heavy atom. The first kappa shape index (κ1) is 16.3. The van der Waals surface area contributed by atoms with Gasteiger partial charge in [0.05, 0.1) is 5.41 Å². The van der Waals surface area contributed by atoms with Crippen molar-refractivity contribution in [2.45, 2.75) is 5.41 Å². The van der Waals surface area contributed by atoms with E-state index in [2.05, 4.69) is 88.7 Å². The fraction of sp³-hybridized carbons (Fsp3) is 0.0400. The van der Waals surface area contributed by atoms with E-state index >= 15 is 0 Å². The Balaban J connectivity index is 1.97.